The average molecular weight is 430 g/mol. The van der Waals surface area contributed by atoms with Crippen LogP contribution in [0.1, 0.15) is 29.4 Å². The van der Waals surface area contributed by atoms with Crippen LogP contribution in [-0.2, 0) is 4.79 Å². The predicted octanol–water partition coefficient (Wildman–Crippen LogP) is 5.35. The van der Waals surface area contributed by atoms with Crippen molar-refractivity contribution in [3.05, 3.63) is 71.0 Å². The number of amides is 2. The highest BCUT2D eigenvalue weighted by Crippen LogP contribution is 2.29. The summed E-state index contributed by atoms with van der Waals surface area (Å²) in [6.45, 7) is 3.83. The predicted molar refractivity (Wildman–Crippen MR) is 116 cm³/mol. The first-order valence-electron chi connectivity index (χ1n) is 9.01. The lowest BCUT2D eigenvalue weighted by Crippen LogP contribution is -2.24. The Kier molecular flexibility index (Phi) is 7.00. The average Bonchev–Trinajstić information content (AvgIpc) is 3.11. The number of hydrogen-bond donors (Lipinski definition) is 2. The molecule has 1 heterocycles. The molecule has 8 heteroatoms. The number of halogens is 1. The summed E-state index contributed by atoms with van der Waals surface area (Å²) in [5, 5.41) is 7.84. The Hall–Kier alpha value is -2.71. The van der Waals surface area contributed by atoms with Gasteiger partial charge in [-0.05, 0) is 55.8 Å². The van der Waals surface area contributed by atoms with E-state index in [4.69, 9.17) is 0 Å². The third kappa shape index (κ3) is 5.88. The van der Waals surface area contributed by atoms with E-state index in [0.29, 0.717) is 22.8 Å². The Morgan fingerprint density at radius 2 is 1.93 bits per heavy atom. The second-order valence-corrected chi connectivity index (χ2v) is 8.42. The first kappa shape index (κ1) is 21.0. The minimum Gasteiger partial charge on any atom is -0.322 e. The monoisotopic (exact) mass is 429 g/mol. The topological polar surface area (TPSA) is 71.1 Å². The maximum atomic E-state index is 13.0. The summed E-state index contributed by atoms with van der Waals surface area (Å²) in [7, 11) is 0. The van der Waals surface area contributed by atoms with Crippen LogP contribution >= 0.6 is 23.1 Å². The molecule has 29 heavy (non-hydrogen) atoms. The number of hydrogen-bond acceptors (Lipinski definition) is 5. The van der Waals surface area contributed by atoms with Crippen molar-refractivity contribution in [1.29, 1.82) is 0 Å². The third-order valence-corrected chi connectivity index (χ3v) is 6.22. The molecule has 0 aliphatic carbocycles. The van der Waals surface area contributed by atoms with E-state index in [1.54, 1.807) is 6.07 Å². The van der Waals surface area contributed by atoms with Crippen LogP contribution in [0.3, 0.4) is 0 Å². The molecule has 3 aromatic rings. The van der Waals surface area contributed by atoms with E-state index < -0.39 is 5.82 Å². The third-order valence-electron chi connectivity index (χ3n) is 3.99. The van der Waals surface area contributed by atoms with E-state index >= 15 is 0 Å². The fourth-order valence-electron chi connectivity index (χ4n) is 2.54. The van der Waals surface area contributed by atoms with Gasteiger partial charge in [-0.3, -0.25) is 9.59 Å². The lowest BCUT2D eigenvalue weighted by atomic mass is 10.2. The van der Waals surface area contributed by atoms with Gasteiger partial charge in [0.05, 0.1) is 10.9 Å². The van der Waals surface area contributed by atoms with Gasteiger partial charge in [0.15, 0.2) is 5.13 Å². The van der Waals surface area contributed by atoms with Gasteiger partial charge < -0.3 is 10.6 Å². The summed E-state index contributed by atoms with van der Waals surface area (Å²) in [4.78, 5) is 30.0. The molecule has 1 unspecified atom stereocenters. The van der Waals surface area contributed by atoms with Crippen LogP contribution in [0.5, 0.6) is 0 Å². The van der Waals surface area contributed by atoms with Crippen molar-refractivity contribution < 1.29 is 14.0 Å². The molecule has 0 saturated heterocycles. The molecule has 1 aromatic heterocycles. The summed E-state index contributed by atoms with van der Waals surface area (Å²) in [6, 6.07) is 12.6. The zero-order chi connectivity index (χ0) is 20.8. The molecule has 2 N–H and O–H groups in total. The van der Waals surface area contributed by atoms with Crippen molar-refractivity contribution in [2.45, 2.75) is 30.4 Å². The Labute approximate surface area is 176 Å². The summed E-state index contributed by atoms with van der Waals surface area (Å²) >= 11 is 2.82. The Morgan fingerprint density at radius 1 is 1.17 bits per heavy atom. The van der Waals surface area contributed by atoms with Gasteiger partial charge in [0.2, 0.25) is 5.91 Å². The largest absolute Gasteiger partial charge is 0.322 e. The highest BCUT2D eigenvalue weighted by Gasteiger charge is 2.19. The van der Waals surface area contributed by atoms with Gasteiger partial charge >= 0.3 is 0 Å². The van der Waals surface area contributed by atoms with E-state index in [1.165, 1.54) is 47.4 Å². The zero-order valence-corrected chi connectivity index (χ0v) is 17.6. The van der Waals surface area contributed by atoms with Gasteiger partial charge in [0, 0.05) is 21.5 Å². The SMILES string of the molecule is CCC(Sc1cccc(NC(=O)c2ccc(F)cc2)c1)C(=O)Nc1nc(C)cs1. The molecule has 0 fully saturated rings. The number of benzene rings is 2. The molecule has 0 saturated carbocycles. The summed E-state index contributed by atoms with van der Waals surface area (Å²) in [5.74, 6) is -0.819. The van der Waals surface area contributed by atoms with E-state index in [2.05, 4.69) is 15.6 Å². The summed E-state index contributed by atoms with van der Waals surface area (Å²) < 4.78 is 13.0. The number of nitrogens with zero attached hydrogens (tertiary/aromatic N) is 1. The Bertz CT molecular complexity index is 1010. The van der Waals surface area contributed by atoms with Gasteiger partial charge in [-0.25, -0.2) is 9.37 Å². The number of anilines is 2. The highest BCUT2D eigenvalue weighted by molar-refractivity contribution is 8.00. The lowest BCUT2D eigenvalue weighted by molar-refractivity contribution is -0.115. The number of thioether (sulfide) groups is 1. The van der Waals surface area contributed by atoms with Crippen molar-refractivity contribution in [3.8, 4) is 0 Å². The molecule has 1 atom stereocenters. The molecule has 3 rings (SSSR count). The van der Waals surface area contributed by atoms with Crippen LogP contribution in [-0.4, -0.2) is 22.0 Å². The number of carbonyl (C=O) groups is 2. The highest BCUT2D eigenvalue weighted by atomic mass is 32.2. The van der Waals surface area contributed by atoms with Crippen molar-refractivity contribution in [3.63, 3.8) is 0 Å². The number of carbonyl (C=O) groups excluding carboxylic acids is 2. The van der Waals surface area contributed by atoms with Gasteiger partial charge in [0.1, 0.15) is 5.82 Å². The number of thiazole rings is 1. The van der Waals surface area contributed by atoms with Gasteiger partial charge in [-0.1, -0.05) is 13.0 Å². The zero-order valence-electron chi connectivity index (χ0n) is 15.9. The Balaban J connectivity index is 1.65. The Morgan fingerprint density at radius 3 is 2.59 bits per heavy atom. The molecule has 150 valence electrons. The van der Waals surface area contributed by atoms with E-state index in [0.717, 1.165) is 10.6 Å². The molecule has 0 aliphatic rings. The smallest absolute Gasteiger partial charge is 0.255 e. The summed E-state index contributed by atoms with van der Waals surface area (Å²) in [6.07, 6.45) is 0.646. The van der Waals surface area contributed by atoms with E-state index in [-0.39, 0.29) is 17.1 Å². The first-order chi connectivity index (χ1) is 13.9. The van der Waals surface area contributed by atoms with Crippen LogP contribution < -0.4 is 10.6 Å². The van der Waals surface area contributed by atoms with Crippen molar-refractivity contribution in [2.75, 3.05) is 10.6 Å². The molecule has 0 radical (unpaired) electrons. The molecule has 0 bridgehead atoms. The lowest BCUT2D eigenvalue weighted by Gasteiger charge is -2.14. The number of rotatable bonds is 7. The van der Waals surface area contributed by atoms with Gasteiger partial charge in [0.25, 0.3) is 5.91 Å². The molecular formula is C21H20FN3O2S2. The molecule has 0 spiro atoms. The van der Waals surface area contributed by atoms with Gasteiger partial charge in [-0.15, -0.1) is 23.1 Å². The maximum absolute atomic E-state index is 13.0. The second-order valence-electron chi connectivity index (χ2n) is 6.29. The van der Waals surface area contributed by atoms with Crippen molar-refractivity contribution >= 4 is 45.7 Å². The number of aromatic nitrogens is 1. The van der Waals surface area contributed by atoms with Crippen LogP contribution in [0.25, 0.3) is 0 Å². The maximum Gasteiger partial charge on any atom is 0.255 e. The first-order valence-corrected chi connectivity index (χ1v) is 10.8. The molecule has 2 aromatic carbocycles. The van der Waals surface area contributed by atoms with Crippen LogP contribution in [0, 0.1) is 12.7 Å². The quantitative estimate of drug-likeness (QED) is 0.497. The number of aryl methyl sites for hydroxylation is 1. The minimum atomic E-state index is -0.392. The van der Waals surface area contributed by atoms with E-state index in [1.807, 2.05) is 37.4 Å². The summed E-state index contributed by atoms with van der Waals surface area (Å²) in [5.41, 5.74) is 1.85. The fourth-order valence-corrected chi connectivity index (χ4v) is 4.24. The molecule has 2 amide bonds. The van der Waals surface area contributed by atoms with Crippen LogP contribution in [0.15, 0.2) is 58.8 Å². The van der Waals surface area contributed by atoms with Crippen molar-refractivity contribution in [1.82, 2.24) is 4.98 Å². The van der Waals surface area contributed by atoms with Crippen LogP contribution in [0.2, 0.25) is 0 Å². The molecular weight excluding hydrogens is 409 g/mol. The molecule has 5 nitrogen and oxygen atoms in total. The number of nitrogens with one attached hydrogen (secondary N) is 2. The van der Waals surface area contributed by atoms with Crippen LogP contribution in [0.4, 0.5) is 15.2 Å². The fraction of sp³-hybridized carbons (Fsp3) is 0.190. The van der Waals surface area contributed by atoms with E-state index in [9.17, 15) is 14.0 Å². The normalized spacial score (nSPS) is 11.7. The second kappa shape index (κ2) is 9.67. The minimum absolute atomic E-state index is 0.104. The van der Waals surface area contributed by atoms with Gasteiger partial charge in [-0.2, -0.15) is 0 Å². The van der Waals surface area contributed by atoms with Crippen molar-refractivity contribution in [2.24, 2.45) is 0 Å². The molecule has 0 aliphatic heterocycles. The standard InChI is InChI=1S/C21H20FN3O2S2/c1-3-18(20(27)25-21-23-13(2)12-28-21)29-17-6-4-5-16(11-17)24-19(26)14-7-9-15(22)10-8-14/h4-12,18H,3H2,1-2H3,(H,24,26)(H,23,25,27).